The van der Waals surface area contributed by atoms with Crippen LogP contribution in [-0.2, 0) is 25.8 Å². The molecule has 132 valence electrons. The maximum atomic E-state index is 12.6. The summed E-state index contributed by atoms with van der Waals surface area (Å²) in [5, 5.41) is 3.87. The van der Waals surface area contributed by atoms with E-state index in [0.29, 0.717) is 30.8 Å². The van der Waals surface area contributed by atoms with Crippen LogP contribution in [0.1, 0.15) is 35.7 Å². The van der Waals surface area contributed by atoms with Gasteiger partial charge in [0.1, 0.15) is 0 Å². The Morgan fingerprint density at radius 3 is 2.33 bits per heavy atom. The van der Waals surface area contributed by atoms with E-state index < -0.39 is 11.7 Å². The molecule has 1 aromatic carbocycles. The molecule has 1 aromatic heterocycles. The largest absolute Gasteiger partial charge is 0.416 e. The van der Waals surface area contributed by atoms with Gasteiger partial charge in [-0.3, -0.25) is 4.90 Å². The summed E-state index contributed by atoms with van der Waals surface area (Å²) in [5.41, 5.74) is 5.63. The van der Waals surface area contributed by atoms with Gasteiger partial charge in [0.25, 0.3) is 0 Å². The lowest BCUT2D eigenvalue weighted by Crippen LogP contribution is -2.25. The smallest absolute Gasteiger partial charge is 0.338 e. The van der Waals surface area contributed by atoms with Crippen LogP contribution in [0.4, 0.5) is 13.2 Å². The van der Waals surface area contributed by atoms with E-state index in [2.05, 4.69) is 15.0 Å². The highest BCUT2D eigenvalue weighted by Crippen LogP contribution is 2.31. The molecule has 2 N–H and O–H groups in total. The Morgan fingerprint density at radius 2 is 1.83 bits per heavy atom. The molecule has 3 rings (SSSR count). The molecule has 0 bridgehead atoms. The molecule has 0 unspecified atom stereocenters. The molecule has 9 heteroatoms. The Morgan fingerprint density at radius 1 is 1.17 bits per heavy atom. The van der Waals surface area contributed by atoms with E-state index in [9.17, 15) is 13.2 Å². The molecular weight excluding hydrogens is 345 g/mol. The number of alkyl halides is 3. The molecular formula is C15H18ClF3N4O. The average Bonchev–Trinajstić information content (AvgIpc) is 3.26. The van der Waals surface area contributed by atoms with Crippen LogP contribution in [0.2, 0.25) is 0 Å². The Hall–Kier alpha value is -1.64. The van der Waals surface area contributed by atoms with Crippen molar-refractivity contribution in [2.45, 2.75) is 44.7 Å². The zero-order valence-corrected chi connectivity index (χ0v) is 13.6. The van der Waals surface area contributed by atoms with Crippen molar-refractivity contribution in [3.8, 4) is 0 Å². The number of benzene rings is 1. The number of halogens is 4. The van der Waals surface area contributed by atoms with Gasteiger partial charge in [-0.05, 0) is 30.5 Å². The predicted molar refractivity (Wildman–Crippen MR) is 83.2 cm³/mol. The minimum atomic E-state index is -4.31. The van der Waals surface area contributed by atoms with Crippen LogP contribution in [0, 0.1) is 0 Å². The number of hydrogen-bond acceptors (Lipinski definition) is 5. The summed E-state index contributed by atoms with van der Waals surface area (Å²) in [7, 11) is 0. The van der Waals surface area contributed by atoms with Gasteiger partial charge in [0.2, 0.25) is 5.89 Å². The second kappa shape index (κ2) is 7.50. The van der Waals surface area contributed by atoms with Crippen LogP contribution < -0.4 is 5.73 Å². The van der Waals surface area contributed by atoms with Crippen molar-refractivity contribution < 1.29 is 17.7 Å². The zero-order chi connectivity index (χ0) is 16.4. The zero-order valence-electron chi connectivity index (χ0n) is 12.8. The lowest BCUT2D eigenvalue weighted by Gasteiger charge is -2.20. The highest BCUT2D eigenvalue weighted by molar-refractivity contribution is 5.85. The lowest BCUT2D eigenvalue weighted by atomic mass is 10.1. The first-order chi connectivity index (χ1) is 11.0. The van der Waals surface area contributed by atoms with Gasteiger partial charge in [-0.15, -0.1) is 12.4 Å². The van der Waals surface area contributed by atoms with Crippen LogP contribution in [0.5, 0.6) is 0 Å². The molecule has 24 heavy (non-hydrogen) atoms. The maximum Gasteiger partial charge on any atom is 0.416 e. The van der Waals surface area contributed by atoms with Crippen molar-refractivity contribution in [1.29, 1.82) is 0 Å². The third kappa shape index (κ3) is 4.68. The van der Waals surface area contributed by atoms with Crippen LogP contribution in [0.15, 0.2) is 28.8 Å². The molecule has 1 aliphatic carbocycles. The molecule has 0 atom stereocenters. The van der Waals surface area contributed by atoms with Gasteiger partial charge in [-0.25, -0.2) is 0 Å². The van der Waals surface area contributed by atoms with Gasteiger partial charge < -0.3 is 10.3 Å². The monoisotopic (exact) mass is 362 g/mol. The van der Waals surface area contributed by atoms with Gasteiger partial charge in [0.15, 0.2) is 5.82 Å². The fraction of sp³-hybridized carbons (Fsp3) is 0.467. The van der Waals surface area contributed by atoms with Crippen LogP contribution >= 0.6 is 12.4 Å². The number of nitrogens with two attached hydrogens (primary N) is 1. The molecule has 2 aromatic rings. The SMILES string of the molecule is Cl.NCc1nc(CN(Cc2ccc(C(F)(F)F)cc2)C2CC2)no1. The van der Waals surface area contributed by atoms with Crippen molar-refractivity contribution in [2.75, 3.05) is 0 Å². The van der Waals surface area contributed by atoms with Gasteiger partial charge in [0, 0.05) is 12.6 Å². The van der Waals surface area contributed by atoms with Crippen molar-refractivity contribution in [3.05, 3.63) is 47.1 Å². The fourth-order valence-electron chi connectivity index (χ4n) is 2.41. The summed E-state index contributed by atoms with van der Waals surface area (Å²) in [4.78, 5) is 6.32. The Labute approximate surface area is 143 Å². The number of rotatable bonds is 6. The van der Waals surface area contributed by atoms with E-state index in [0.717, 1.165) is 30.5 Å². The molecule has 0 radical (unpaired) electrons. The van der Waals surface area contributed by atoms with E-state index in [-0.39, 0.29) is 19.0 Å². The van der Waals surface area contributed by atoms with Crippen molar-refractivity contribution in [1.82, 2.24) is 15.0 Å². The van der Waals surface area contributed by atoms with Crippen molar-refractivity contribution in [3.63, 3.8) is 0 Å². The second-order valence-corrected chi connectivity index (χ2v) is 5.64. The Balaban J connectivity index is 0.00000208. The minimum absolute atomic E-state index is 0. The Kier molecular flexibility index (Phi) is 5.84. The maximum absolute atomic E-state index is 12.6. The van der Waals surface area contributed by atoms with Gasteiger partial charge in [0.05, 0.1) is 18.7 Å². The predicted octanol–water partition coefficient (Wildman–Crippen LogP) is 3.13. The van der Waals surface area contributed by atoms with Crippen LogP contribution in [0.3, 0.4) is 0 Å². The van der Waals surface area contributed by atoms with Crippen molar-refractivity contribution in [2.24, 2.45) is 5.73 Å². The average molecular weight is 363 g/mol. The van der Waals surface area contributed by atoms with Crippen LogP contribution in [-0.4, -0.2) is 21.1 Å². The highest BCUT2D eigenvalue weighted by Gasteiger charge is 2.31. The number of nitrogens with zero attached hydrogens (tertiary/aromatic N) is 3. The summed E-state index contributed by atoms with van der Waals surface area (Å²) < 4.78 is 42.8. The highest BCUT2D eigenvalue weighted by atomic mass is 35.5. The Bertz CT molecular complexity index is 655. The second-order valence-electron chi connectivity index (χ2n) is 5.64. The molecule has 1 heterocycles. The first-order valence-corrected chi connectivity index (χ1v) is 7.37. The van der Waals surface area contributed by atoms with E-state index in [4.69, 9.17) is 10.3 Å². The first kappa shape index (κ1) is 18.7. The van der Waals surface area contributed by atoms with Crippen LogP contribution in [0.25, 0.3) is 0 Å². The van der Waals surface area contributed by atoms with E-state index in [1.54, 1.807) is 0 Å². The molecule has 0 amide bonds. The number of hydrogen-bond donors (Lipinski definition) is 1. The summed E-state index contributed by atoms with van der Waals surface area (Å²) >= 11 is 0. The molecule has 0 saturated heterocycles. The normalized spacial score (nSPS) is 14.7. The van der Waals surface area contributed by atoms with Crippen molar-refractivity contribution >= 4 is 12.4 Å². The van der Waals surface area contributed by atoms with E-state index in [1.807, 2.05) is 0 Å². The van der Waals surface area contributed by atoms with E-state index in [1.165, 1.54) is 12.1 Å². The van der Waals surface area contributed by atoms with Gasteiger partial charge in [-0.1, -0.05) is 17.3 Å². The molecule has 1 aliphatic rings. The topological polar surface area (TPSA) is 68.2 Å². The number of aromatic nitrogens is 2. The summed E-state index contributed by atoms with van der Waals surface area (Å²) in [6.07, 6.45) is -2.16. The summed E-state index contributed by atoms with van der Waals surface area (Å²) in [6, 6.07) is 5.67. The molecule has 1 saturated carbocycles. The molecule has 0 spiro atoms. The van der Waals surface area contributed by atoms with Gasteiger partial charge >= 0.3 is 6.18 Å². The summed E-state index contributed by atoms with van der Waals surface area (Å²) in [6.45, 7) is 1.24. The first-order valence-electron chi connectivity index (χ1n) is 7.37. The van der Waals surface area contributed by atoms with Gasteiger partial charge in [-0.2, -0.15) is 18.2 Å². The summed E-state index contributed by atoms with van der Waals surface area (Å²) in [5.74, 6) is 0.925. The third-order valence-corrected chi connectivity index (χ3v) is 3.76. The molecule has 1 fully saturated rings. The fourth-order valence-corrected chi connectivity index (χ4v) is 2.41. The minimum Gasteiger partial charge on any atom is -0.338 e. The molecule has 0 aliphatic heterocycles. The molecule has 5 nitrogen and oxygen atoms in total. The third-order valence-electron chi connectivity index (χ3n) is 3.76. The standard InChI is InChI=1S/C15H17F3N4O.ClH/c16-15(17,18)11-3-1-10(2-4-11)8-22(12-5-6-12)9-13-20-14(7-19)23-21-13;/h1-4,12H,5-9,19H2;1H. The quantitative estimate of drug-likeness (QED) is 0.855. The lowest BCUT2D eigenvalue weighted by molar-refractivity contribution is -0.137. The van der Waals surface area contributed by atoms with E-state index >= 15 is 0 Å².